The summed E-state index contributed by atoms with van der Waals surface area (Å²) in [6.45, 7) is 0.799. The number of para-hydroxylation sites is 1. The second-order valence-corrected chi connectivity index (χ2v) is 4.02. The fourth-order valence-electron chi connectivity index (χ4n) is 1.70. The average molecular weight is 237 g/mol. The normalized spacial score (nSPS) is 10.8. The minimum Gasteiger partial charge on any atom is -0.287 e. The van der Waals surface area contributed by atoms with E-state index in [1.807, 2.05) is 28.9 Å². The van der Waals surface area contributed by atoms with Gasteiger partial charge < -0.3 is 0 Å². The maximum atomic E-state index is 11.6. The molecule has 0 aliphatic carbocycles. The topological polar surface area (TPSA) is 34.9 Å². The first-order valence-electron chi connectivity index (χ1n) is 5.34. The molecule has 84 valence electrons. The number of hydrogen-bond donors (Lipinski definition) is 0. The van der Waals surface area contributed by atoms with Gasteiger partial charge in [-0.15, -0.1) is 11.6 Å². The zero-order valence-corrected chi connectivity index (χ0v) is 9.65. The summed E-state index contributed by atoms with van der Waals surface area (Å²) in [6, 6.07) is 7.54. The summed E-state index contributed by atoms with van der Waals surface area (Å²) in [5.41, 5.74) is 0.869. The fraction of sp³-hybridized carbons (Fsp3) is 0.333. The van der Waals surface area contributed by atoms with E-state index in [1.165, 1.54) is 6.20 Å². The minimum absolute atomic E-state index is 0.0239. The fourth-order valence-corrected chi connectivity index (χ4v) is 1.88. The quantitative estimate of drug-likeness (QED) is 0.604. The summed E-state index contributed by atoms with van der Waals surface area (Å²) in [7, 11) is 0. The standard InChI is InChI=1S/C12H13ClN2O/c13-7-3-4-8-15-11-6-2-1-5-10(11)12(16)9-14-15/h1-2,5-6,9H,3-4,7-8H2. The molecular weight excluding hydrogens is 224 g/mol. The Morgan fingerprint density at radius 2 is 2.06 bits per heavy atom. The third-order valence-electron chi connectivity index (χ3n) is 2.52. The van der Waals surface area contributed by atoms with Gasteiger partial charge >= 0.3 is 0 Å². The van der Waals surface area contributed by atoms with Crippen molar-refractivity contribution in [3.8, 4) is 0 Å². The van der Waals surface area contributed by atoms with E-state index in [9.17, 15) is 4.79 Å². The van der Waals surface area contributed by atoms with Crippen LogP contribution in [0.2, 0.25) is 0 Å². The van der Waals surface area contributed by atoms with E-state index in [1.54, 1.807) is 0 Å². The molecule has 2 aromatic rings. The van der Waals surface area contributed by atoms with Gasteiger partial charge in [0.25, 0.3) is 0 Å². The molecule has 0 unspecified atom stereocenters. The van der Waals surface area contributed by atoms with Crippen molar-refractivity contribution in [3.63, 3.8) is 0 Å². The summed E-state index contributed by atoms with van der Waals surface area (Å²) in [6.07, 6.45) is 3.32. The number of benzene rings is 1. The first kappa shape index (κ1) is 11.1. The summed E-state index contributed by atoms with van der Waals surface area (Å²) in [5, 5.41) is 4.86. The number of alkyl halides is 1. The molecule has 0 amide bonds. The van der Waals surface area contributed by atoms with Crippen LogP contribution >= 0.6 is 11.6 Å². The van der Waals surface area contributed by atoms with Gasteiger partial charge in [0.2, 0.25) is 5.43 Å². The van der Waals surface area contributed by atoms with Crippen LogP contribution in [0.5, 0.6) is 0 Å². The number of nitrogens with zero attached hydrogens (tertiary/aromatic N) is 2. The van der Waals surface area contributed by atoms with Crippen molar-refractivity contribution >= 4 is 22.5 Å². The largest absolute Gasteiger partial charge is 0.287 e. The highest BCUT2D eigenvalue weighted by Gasteiger charge is 2.02. The number of halogens is 1. The Bertz CT molecular complexity index is 536. The number of rotatable bonds is 4. The lowest BCUT2D eigenvalue weighted by atomic mass is 10.2. The first-order valence-corrected chi connectivity index (χ1v) is 5.87. The van der Waals surface area contributed by atoms with Crippen LogP contribution in [-0.4, -0.2) is 15.7 Å². The summed E-state index contributed by atoms with van der Waals surface area (Å²) < 4.78 is 1.86. The van der Waals surface area contributed by atoms with E-state index < -0.39 is 0 Å². The van der Waals surface area contributed by atoms with Crippen LogP contribution in [0.25, 0.3) is 10.9 Å². The van der Waals surface area contributed by atoms with Gasteiger partial charge in [0, 0.05) is 17.8 Å². The van der Waals surface area contributed by atoms with Crippen LogP contribution in [0.15, 0.2) is 35.3 Å². The van der Waals surface area contributed by atoms with Crippen molar-refractivity contribution < 1.29 is 0 Å². The van der Waals surface area contributed by atoms with Gasteiger partial charge in [0.15, 0.2) is 0 Å². The predicted octanol–water partition coefficient (Wildman–Crippen LogP) is 2.42. The molecule has 0 spiro atoms. The highest BCUT2D eigenvalue weighted by atomic mass is 35.5. The van der Waals surface area contributed by atoms with Gasteiger partial charge in [-0.3, -0.25) is 9.48 Å². The highest BCUT2D eigenvalue weighted by molar-refractivity contribution is 6.17. The SMILES string of the molecule is O=c1cnn(CCCCCl)c2ccccc12. The minimum atomic E-state index is -0.0239. The van der Waals surface area contributed by atoms with Gasteiger partial charge in [-0.2, -0.15) is 5.10 Å². The Balaban J connectivity index is 2.38. The highest BCUT2D eigenvalue weighted by Crippen LogP contribution is 2.08. The molecular formula is C12H13ClN2O. The van der Waals surface area contributed by atoms with Gasteiger partial charge in [-0.05, 0) is 25.0 Å². The van der Waals surface area contributed by atoms with E-state index in [2.05, 4.69) is 5.10 Å². The predicted molar refractivity (Wildman–Crippen MR) is 66.0 cm³/mol. The van der Waals surface area contributed by atoms with E-state index in [0.717, 1.165) is 30.3 Å². The van der Waals surface area contributed by atoms with E-state index >= 15 is 0 Å². The first-order chi connectivity index (χ1) is 7.83. The maximum absolute atomic E-state index is 11.6. The molecule has 0 aliphatic rings. The zero-order valence-electron chi connectivity index (χ0n) is 8.90. The number of unbranched alkanes of at least 4 members (excludes halogenated alkanes) is 1. The summed E-state index contributed by atoms with van der Waals surface area (Å²) in [4.78, 5) is 11.6. The lowest BCUT2D eigenvalue weighted by Crippen LogP contribution is -2.12. The van der Waals surface area contributed by atoms with Crippen LogP contribution in [0.1, 0.15) is 12.8 Å². The van der Waals surface area contributed by atoms with Crippen LogP contribution in [0.3, 0.4) is 0 Å². The van der Waals surface area contributed by atoms with Crippen molar-refractivity contribution in [3.05, 3.63) is 40.7 Å². The summed E-state index contributed by atoms with van der Waals surface area (Å²) in [5.74, 6) is 0.665. The summed E-state index contributed by atoms with van der Waals surface area (Å²) >= 11 is 5.63. The molecule has 1 aromatic heterocycles. The monoisotopic (exact) mass is 236 g/mol. The lowest BCUT2D eigenvalue weighted by Gasteiger charge is -2.07. The smallest absolute Gasteiger partial charge is 0.207 e. The Kier molecular flexibility index (Phi) is 3.57. The van der Waals surface area contributed by atoms with Crippen molar-refractivity contribution in [1.29, 1.82) is 0 Å². The molecule has 0 radical (unpaired) electrons. The van der Waals surface area contributed by atoms with Crippen molar-refractivity contribution in [2.45, 2.75) is 19.4 Å². The molecule has 4 heteroatoms. The molecule has 0 bridgehead atoms. The molecule has 0 N–H and O–H groups in total. The molecule has 3 nitrogen and oxygen atoms in total. The number of fused-ring (bicyclic) bond motifs is 1. The second kappa shape index (κ2) is 5.12. The molecule has 1 aromatic carbocycles. The van der Waals surface area contributed by atoms with E-state index in [0.29, 0.717) is 5.88 Å². The van der Waals surface area contributed by atoms with Crippen molar-refractivity contribution in [2.75, 3.05) is 5.88 Å². The van der Waals surface area contributed by atoms with Gasteiger partial charge in [-0.1, -0.05) is 12.1 Å². The zero-order chi connectivity index (χ0) is 11.4. The van der Waals surface area contributed by atoms with Crippen LogP contribution in [0, 0.1) is 0 Å². The molecule has 1 heterocycles. The Labute approximate surface area is 98.7 Å². The number of hydrogen-bond acceptors (Lipinski definition) is 2. The number of aryl methyl sites for hydroxylation is 1. The third kappa shape index (κ3) is 2.25. The van der Waals surface area contributed by atoms with Crippen molar-refractivity contribution in [1.82, 2.24) is 9.78 Å². The molecule has 16 heavy (non-hydrogen) atoms. The molecule has 0 aliphatic heterocycles. The van der Waals surface area contributed by atoms with Crippen LogP contribution < -0.4 is 5.43 Å². The van der Waals surface area contributed by atoms with Crippen LogP contribution in [-0.2, 0) is 6.54 Å². The van der Waals surface area contributed by atoms with Gasteiger partial charge in [0.05, 0.1) is 11.7 Å². The molecule has 0 saturated heterocycles. The molecule has 2 rings (SSSR count). The lowest BCUT2D eigenvalue weighted by molar-refractivity contribution is 0.581. The third-order valence-corrected chi connectivity index (χ3v) is 2.78. The second-order valence-electron chi connectivity index (χ2n) is 3.65. The number of aromatic nitrogens is 2. The Morgan fingerprint density at radius 3 is 2.88 bits per heavy atom. The van der Waals surface area contributed by atoms with E-state index in [-0.39, 0.29) is 5.43 Å². The van der Waals surface area contributed by atoms with Gasteiger partial charge in [-0.25, -0.2) is 0 Å². The molecule has 0 saturated carbocycles. The Morgan fingerprint density at radius 1 is 1.25 bits per heavy atom. The van der Waals surface area contributed by atoms with Crippen molar-refractivity contribution in [2.24, 2.45) is 0 Å². The molecule has 0 atom stereocenters. The van der Waals surface area contributed by atoms with Gasteiger partial charge in [0.1, 0.15) is 0 Å². The maximum Gasteiger partial charge on any atom is 0.207 e. The van der Waals surface area contributed by atoms with Crippen LogP contribution in [0.4, 0.5) is 0 Å². The molecule has 0 fully saturated rings. The Hall–Kier alpha value is -1.35. The van der Waals surface area contributed by atoms with E-state index in [4.69, 9.17) is 11.6 Å². The average Bonchev–Trinajstić information content (AvgIpc) is 2.33.